The highest BCUT2D eigenvalue weighted by atomic mass is 16.3. The Balaban J connectivity index is 1.74. The molecule has 0 aliphatic carbocycles. The second-order valence-corrected chi connectivity index (χ2v) is 11.9. The Labute approximate surface area is 262 Å². The predicted octanol–water partition coefficient (Wildman–Crippen LogP) is 9.38. The molecule has 6 aliphatic rings. The molecular weight excluding hydrogens is 542 g/mol. The SMILES string of the molecule is C/C=C1\C2=NC3=C(NC=C(O)C31CC)C1=NC(=CC3=NC(=CC4=NC(=C2)C(CC)=C4CC)C(CC)=C3CC)C(CC)=C1CC. The summed E-state index contributed by atoms with van der Waals surface area (Å²) in [6.45, 7) is 17.4. The Morgan fingerprint density at radius 3 is 1.59 bits per heavy atom. The summed E-state index contributed by atoms with van der Waals surface area (Å²) < 4.78 is 0. The van der Waals surface area contributed by atoms with Gasteiger partial charge >= 0.3 is 0 Å². The molecule has 44 heavy (non-hydrogen) atoms. The molecule has 0 aromatic heterocycles. The van der Waals surface area contributed by atoms with Crippen molar-refractivity contribution >= 4 is 22.8 Å². The maximum Gasteiger partial charge on any atom is 0.125 e. The summed E-state index contributed by atoms with van der Waals surface area (Å²) in [7, 11) is 0. The lowest BCUT2D eigenvalue weighted by molar-refractivity contribution is 0.281. The van der Waals surface area contributed by atoms with Crippen LogP contribution in [-0.4, -0.2) is 28.0 Å². The van der Waals surface area contributed by atoms with Gasteiger partial charge in [-0.2, -0.15) is 0 Å². The Morgan fingerprint density at radius 2 is 1.11 bits per heavy atom. The first-order valence-electron chi connectivity index (χ1n) is 16.6. The van der Waals surface area contributed by atoms with Crippen molar-refractivity contribution < 1.29 is 5.11 Å². The van der Waals surface area contributed by atoms with Gasteiger partial charge in [0.1, 0.15) is 5.76 Å². The van der Waals surface area contributed by atoms with E-state index in [2.05, 4.69) is 78.1 Å². The highest BCUT2D eigenvalue weighted by molar-refractivity contribution is 6.21. The largest absolute Gasteiger partial charge is 0.509 e. The van der Waals surface area contributed by atoms with Crippen molar-refractivity contribution in [2.75, 3.05) is 0 Å². The number of aliphatic hydroxyl groups is 1. The smallest absolute Gasteiger partial charge is 0.125 e. The average molecular weight is 588 g/mol. The van der Waals surface area contributed by atoms with Gasteiger partial charge in [0, 0.05) is 6.20 Å². The molecule has 6 heterocycles. The minimum atomic E-state index is -0.746. The molecule has 0 aromatic carbocycles. The molecule has 6 nitrogen and oxygen atoms in total. The van der Waals surface area contributed by atoms with Gasteiger partial charge in [0.05, 0.1) is 56.7 Å². The molecule has 0 aromatic rings. The first kappa shape index (κ1) is 30.0. The fraction of sp³-hybridized carbons (Fsp3) is 0.421. The normalized spacial score (nSPS) is 25.2. The van der Waals surface area contributed by atoms with E-state index in [9.17, 15) is 5.11 Å². The summed E-state index contributed by atoms with van der Waals surface area (Å²) in [6, 6.07) is 0. The van der Waals surface area contributed by atoms with Gasteiger partial charge in [-0.05, 0) is 109 Å². The van der Waals surface area contributed by atoms with Crippen LogP contribution in [0.4, 0.5) is 0 Å². The third-order valence-electron chi connectivity index (χ3n) is 10.0. The molecule has 6 heteroatoms. The summed E-state index contributed by atoms with van der Waals surface area (Å²) in [5.41, 5.74) is 16.3. The number of rotatable bonds is 7. The fourth-order valence-electron chi connectivity index (χ4n) is 7.95. The van der Waals surface area contributed by atoms with Crippen LogP contribution in [0.25, 0.3) is 0 Å². The van der Waals surface area contributed by atoms with Crippen LogP contribution in [0.15, 0.2) is 124 Å². The number of hydrogen-bond acceptors (Lipinski definition) is 6. The Morgan fingerprint density at radius 1 is 0.636 bits per heavy atom. The standard InChI is InChI=1S/C38H45N5O/c1-9-21-22(10-2)30-18-32-25(13-5)26(14-6)35(42-32)36-37-38(16-8,34(44)20-39-36)27(15-7)33(43-37)19-31-24(12-4)23(11-3)29(41-31)17-28(21)40-30/h15,17-20,39,44H,9-14,16H2,1-8H3/b27-15+,28-17?,29-17?,30-18?,31-19?,32-18?,33-19?,36-35?. The van der Waals surface area contributed by atoms with Gasteiger partial charge in [-0.15, -0.1) is 0 Å². The molecule has 228 valence electrons. The van der Waals surface area contributed by atoms with E-state index in [4.69, 9.17) is 20.0 Å². The van der Waals surface area contributed by atoms with Gasteiger partial charge in [0.25, 0.3) is 0 Å². The van der Waals surface area contributed by atoms with E-state index in [1.54, 1.807) is 6.20 Å². The first-order valence-corrected chi connectivity index (χ1v) is 16.6. The Hall–Kier alpha value is -4.06. The second kappa shape index (κ2) is 11.5. The van der Waals surface area contributed by atoms with Gasteiger partial charge < -0.3 is 10.4 Å². The third kappa shape index (κ3) is 4.13. The van der Waals surface area contributed by atoms with Gasteiger partial charge in [0.2, 0.25) is 0 Å². The van der Waals surface area contributed by atoms with Crippen LogP contribution in [0.5, 0.6) is 0 Å². The zero-order valence-corrected chi connectivity index (χ0v) is 27.6. The molecular formula is C38H45N5O. The lowest BCUT2D eigenvalue weighted by Gasteiger charge is -2.34. The molecule has 2 N–H and O–H groups in total. The molecule has 0 radical (unpaired) electrons. The second-order valence-electron chi connectivity index (χ2n) is 11.9. The molecule has 6 rings (SSSR count). The van der Waals surface area contributed by atoms with Crippen molar-refractivity contribution in [3.8, 4) is 0 Å². The van der Waals surface area contributed by atoms with E-state index < -0.39 is 5.41 Å². The van der Waals surface area contributed by atoms with E-state index in [0.717, 1.165) is 95.4 Å². The van der Waals surface area contributed by atoms with Crippen LogP contribution < -0.4 is 5.32 Å². The van der Waals surface area contributed by atoms with E-state index in [1.165, 1.54) is 33.4 Å². The fourth-order valence-corrected chi connectivity index (χ4v) is 7.95. The molecule has 0 amide bonds. The van der Waals surface area contributed by atoms with E-state index in [1.807, 2.05) is 6.92 Å². The summed E-state index contributed by atoms with van der Waals surface area (Å²) >= 11 is 0. The Kier molecular flexibility index (Phi) is 7.81. The maximum atomic E-state index is 11.6. The van der Waals surface area contributed by atoms with Crippen LogP contribution in [0.2, 0.25) is 0 Å². The van der Waals surface area contributed by atoms with Crippen molar-refractivity contribution in [3.05, 3.63) is 104 Å². The number of nitrogens with zero attached hydrogens (tertiary/aromatic N) is 4. The highest BCUT2D eigenvalue weighted by Crippen LogP contribution is 2.54. The number of dihydropyridines is 1. The quantitative estimate of drug-likeness (QED) is 0.311. The first-order chi connectivity index (χ1) is 21.3. The zero-order valence-electron chi connectivity index (χ0n) is 27.6. The molecule has 0 saturated carbocycles. The average Bonchev–Trinajstić information content (AvgIpc) is 3.75. The molecule has 0 fully saturated rings. The van der Waals surface area contributed by atoms with Crippen molar-refractivity contribution in [2.24, 2.45) is 25.4 Å². The van der Waals surface area contributed by atoms with Crippen molar-refractivity contribution in [1.82, 2.24) is 5.32 Å². The van der Waals surface area contributed by atoms with Crippen LogP contribution in [0.1, 0.15) is 100 Å². The topological polar surface area (TPSA) is 81.7 Å². The van der Waals surface area contributed by atoms with Crippen LogP contribution >= 0.6 is 0 Å². The van der Waals surface area contributed by atoms with Crippen molar-refractivity contribution in [2.45, 2.75) is 100 Å². The van der Waals surface area contributed by atoms with Crippen LogP contribution in [0.3, 0.4) is 0 Å². The van der Waals surface area contributed by atoms with Crippen LogP contribution in [0, 0.1) is 5.41 Å². The number of aliphatic hydroxyl groups excluding tert-OH is 1. The molecule has 0 saturated heterocycles. The lowest BCUT2D eigenvalue weighted by Crippen LogP contribution is -2.35. The number of allylic oxidation sites excluding steroid dienone is 10. The lowest BCUT2D eigenvalue weighted by atomic mass is 9.71. The van der Waals surface area contributed by atoms with Gasteiger partial charge in [-0.25, -0.2) is 20.0 Å². The van der Waals surface area contributed by atoms with Crippen molar-refractivity contribution in [3.63, 3.8) is 0 Å². The summed E-state index contributed by atoms with van der Waals surface area (Å²) in [5, 5.41) is 15.0. The zero-order chi connectivity index (χ0) is 31.3. The molecule has 8 bridgehead atoms. The number of nitrogens with one attached hydrogen (secondary N) is 1. The van der Waals surface area contributed by atoms with E-state index in [0.29, 0.717) is 6.42 Å². The predicted molar refractivity (Wildman–Crippen MR) is 184 cm³/mol. The molecule has 1 atom stereocenters. The third-order valence-corrected chi connectivity index (χ3v) is 10.0. The molecule has 6 aliphatic heterocycles. The minimum Gasteiger partial charge on any atom is -0.509 e. The highest BCUT2D eigenvalue weighted by Gasteiger charge is 2.51. The summed E-state index contributed by atoms with van der Waals surface area (Å²) in [4.78, 5) is 21.2. The van der Waals surface area contributed by atoms with Gasteiger partial charge in [-0.3, -0.25) is 0 Å². The number of hydrogen-bond donors (Lipinski definition) is 2. The van der Waals surface area contributed by atoms with Gasteiger partial charge in [-0.1, -0.05) is 54.5 Å². The number of aliphatic imine (C=N–C) groups is 4. The number of fused-ring (bicyclic) bond motifs is 4. The van der Waals surface area contributed by atoms with E-state index in [-0.39, 0.29) is 5.76 Å². The summed E-state index contributed by atoms with van der Waals surface area (Å²) in [6.07, 6.45) is 16.4. The van der Waals surface area contributed by atoms with Crippen LogP contribution in [-0.2, 0) is 0 Å². The van der Waals surface area contributed by atoms with Gasteiger partial charge in [0.15, 0.2) is 0 Å². The maximum absolute atomic E-state index is 11.6. The minimum absolute atomic E-state index is 0.284. The molecule has 1 unspecified atom stereocenters. The molecule has 0 spiro atoms. The Bertz CT molecular complexity index is 1770. The van der Waals surface area contributed by atoms with Crippen molar-refractivity contribution in [1.29, 1.82) is 0 Å². The van der Waals surface area contributed by atoms with E-state index >= 15 is 0 Å². The monoisotopic (exact) mass is 587 g/mol. The summed E-state index contributed by atoms with van der Waals surface area (Å²) in [5.74, 6) is 0.284.